The van der Waals surface area contributed by atoms with Gasteiger partial charge >= 0.3 is 5.97 Å². The molecule has 0 radical (unpaired) electrons. The summed E-state index contributed by atoms with van der Waals surface area (Å²) >= 11 is 0. The van der Waals surface area contributed by atoms with E-state index in [1.165, 1.54) is 30.2 Å². The highest BCUT2D eigenvalue weighted by Crippen LogP contribution is 2.35. The summed E-state index contributed by atoms with van der Waals surface area (Å²) in [5.74, 6) is -1.06. The largest absolute Gasteiger partial charge is 0.481 e. The van der Waals surface area contributed by atoms with Crippen molar-refractivity contribution in [3.63, 3.8) is 0 Å². The van der Waals surface area contributed by atoms with E-state index in [0.29, 0.717) is 12.5 Å². The number of rotatable bonds is 4. The van der Waals surface area contributed by atoms with Crippen LogP contribution in [0.1, 0.15) is 37.8 Å². The highest BCUT2D eigenvalue weighted by atomic mass is 16.4. The summed E-state index contributed by atoms with van der Waals surface area (Å²) in [6, 6.07) is 9.01. The lowest BCUT2D eigenvalue weighted by Crippen LogP contribution is -2.16. The maximum absolute atomic E-state index is 11.0. The van der Waals surface area contributed by atoms with Crippen molar-refractivity contribution < 1.29 is 9.90 Å². The van der Waals surface area contributed by atoms with Crippen molar-refractivity contribution in [1.29, 1.82) is 0 Å². The number of carboxylic acid groups (broad SMARTS) is 1. The minimum absolute atomic E-state index is 0.336. The van der Waals surface area contributed by atoms with Crippen LogP contribution in [0.3, 0.4) is 0 Å². The van der Waals surface area contributed by atoms with E-state index in [1.807, 2.05) is 12.1 Å². The van der Waals surface area contributed by atoms with Gasteiger partial charge in [-0.25, -0.2) is 0 Å². The van der Waals surface area contributed by atoms with E-state index >= 15 is 0 Å². The van der Waals surface area contributed by atoms with Gasteiger partial charge in [0.05, 0.1) is 5.92 Å². The molecule has 1 aliphatic rings. The molecule has 2 aromatic rings. The predicted molar refractivity (Wildman–Crippen MR) is 75.3 cm³/mol. The molecule has 0 bridgehead atoms. The maximum Gasteiger partial charge on any atom is 0.306 e. The molecule has 1 heterocycles. The molecule has 1 aromatic carbocycles. The molecule has 0 aliphatic heterocycles. The maximum atomic E-state index is 11.0. The van der Waals surface area contributed by atoms with Crippen LogP contribution >= 0.6 is 0 Å². The number of hydrogen-bond donors (Lipinski definition) is 1. The Morgan fingerprint density at radius 3 is 2.84 bits per heavy atom. The number of hydrogen-bond acceptors (Lipinski definition) is 1. The molecule has 0 spiro atoms. The van der Waals surface area contributed by atoms with Crippen LogP contribution < -0.4 is 0 Å². The van der Waals surface area contributed by atoms with Gasteiger partial charge in [-0.1, -0.05) is 19.1 Å². The number of carbonyl (C=O) groups is 1. The standard InChI is InChI=1S/C16H19NO2/c1-11(16(18)19)10-12-4-2-7-15-14(12)8-9-17(15)13-5-3-6-13/h2,4,7-9,11,13H,3,5-6,10H2,1H3,(H,18,19). The number of fused-ring (bicyclic) bond motifs is 1. The summed E-state index contributed by atoms with van der Waals surface area (Å²) in [4.78, 5) is 11.0. The van der Waals surface area contributed by atoms with Crippen molar-refractivity contribution >= 4 is 16.9 Å². The zero-order valence-corrected chi connectivity index (χ0v) is 11.2. The van der Waals surface area contributed by atoms with Crippen molar-refractivity contribution in [1.82, 2.24) is 4.57 Å². The lowest BCUT2D eigenvalue weighted by atomic mass is 9.92. The summed E-state index contributed by atoms with van der Waals surface area (Å²) in [6.45, 7) is 1.77. The van der Waals surface area contributed by atoms with Gasteiger partial charge in [-0.05, 0) is 43.4 Å². The fraction of sp³-hybridized carbons (Fsp3) is 0.438. The Bertz CT molecular complexity index is 610. The zero-order chi connectivity index (χ0) is 13.4. The molecular weight excluding hydrogens is 238 g/mol. The third-order valence-corrected chi connectivity index (χ3v) is 4.27. The Morgan fingerprint density at radius 1 is 1.42 bits per heavy atom. The first-order valence-corrected chi connectivity index (χ1v) is 6.98. The second kappa shape index (κ2) is 4.72. The number of nitrogens with zero attached hydrogens (tertiary/aromatic N) is 1. The van der Waals surface area contributed by atoms with Gasteiger partial charge in [0.1, 0.15) is 0 Å². The van der Waals surface area contributed by atoms with Gasteiger partial charge in [-0.15, -0.1) is 0 Å². The van der Waals surface area contributed by atoms with E-state index < -0.39 is 5.97 Å². The first kappa shape index (κ1) is 12.3. The van der Waals surface area contributed by atoms with Crippen LogP contribution in [-0.2, 0) is 11.2 Å². The fourth-order valence-electron chi connectivity index (χ4n) is 2.83. The Balaban J connectivity index is 1.97. The summed E-state index contributed by atoms with van der Waals surface area (Å²) in [5.41, 5.74) is 2.39. The molecule has 3 heteroatoms. The first-order chi connectivity index (χ1) is 9.16. The number of benzene rings is 1. The predicted octanol–water partition coefficient (Wildman–Crippen LogP) is 3.63. The van der Waals surface area contributed by atoms with Crippen LogP contribution in [0.25, 0.3) is 10.9 Å². The molecule has 3 rings (SSSR count). The molecule has 100 valence electrons. The Labute approximate surface area is 112 Å². The molecule has 0 amide bonds. The molecule has 1 aliphatic carbocycles. The van der Waals surface area contributed by atoms with Crippen molar-refractivity contribution in [3.05, 3.63) is 36.0 Å². The van der Waals surface area contributed by atoms with E-state index in [-0.39, 0.29) is 5.92 Å². The lowest BCUT2D eigenvalue weighted by molar-refractivity contribution is -0.141. The van der Waals surface area contributed by atoms with E-state index in [9.17, 15) is 4.79 Å². The average Bonchev–Trinajstić information content (AvgIpc) is 2.72. The molecule has 1 atom stereocenters. The van der Waals surface area contributed by atoms with Gasteiger partial charge in [-0.3, -0.25) is 4.79 Å². The molecule has 1 N–H and O–H groups in total. The van der Waals surface area contributed by atoms with E-state index in [1.54, 1.807) is 6.92 Å². The van der Waals surface area contributed by atoms with Gasteiger partial charge in [0, 0.05) is 23.1 Å². The molecule has 1 unspecified atom stereocenters. The highest BCUT2D eigenvalue weighted by molar-refractivity contribution is 5.84. The van der Waals surface area contributed by atoms with Crippen LogP contribution in [0.2, 0.25) is 0 Å². The van der Waals surface area contributed by atoms with Crippen LogP contribution in [0.15, 0.2) is 30.5 Å². The Hall–Kier alpha value is -1.77. The Morgan fingerprint density at radius 2 is 2.21 bits per heavy atom. The van der Waals surface area contributed by atoms with Crippen LogP contribution in [0.5, 0.6) is 0 Å². The molecule has 19 heavy (non-hydrogen) atoms. The van der Waals surface area contributed by atoms with E-state index in [4.69, 9.17) is 5.11 Å². The SMILES string of the molecule is CC(Cc1cccc2c1ccn2C1CCC1)C(=O)O. The molecule has 3 nitrogen and oxygen atoms in total. The number of aliphatic carboxylic acids is 1. The third-order valence-electron chi connectivity index (χ3n) is 4.27. The summed E-state index contributed by atoms with van der Waals surface area (Å²) in [5, 5.41) is 10.3. The summed E-state index contributed by atoms with van der Waals surface area (Å²) in [6.07, 6.45) is 6.60. The van der Waals surface area contributed by atoms with E-state index in [2.05, 4.69) is 22.9 Å². The van der Waals surface area contributed by atoms with Gasteiger partial charge in [0.25, 0.3) is 0 Å². The van der Waals surface area contributed by atoms with Gasteiger partial charge in [0.15, 0.2) is 0 Å². The topological polar surface area (TPSA) is 42.2 Å². The molecule has 1 fully saturated rings. The highest BCUT2D eigenvalue weighted by Gasteiger charge is 2.21. The van der Waals surface area contributed by atoms with Gasteiger partial charge < -0.3 is 9.67 Å². The van der Waals surface area contributed by atoms with Crippen molar-refractivity contribution in [2.75, 3.05) is 0 Å². The summed E-state index contributed by atoms with van der Waals surface area (Å²) in [7, 11) is 0. The molecule has 1 aromatic heterocycles. The van der Waals surface area contributed by atoms with Gasteiger partial charge in [-0.2, -0.15) is 0 Å². The zero-order valence-electron chi connectivity index (χ0n) is 11.2. The molecule has 0 saturated heterocycles. The lowest BCUT2D eigenvalue weighted by Gasteiger charge is -2.28. The molecular formula is C16H19NO2. The van der Waals surface area contributed by atoms with E-state index in [0.717, 1.165) is 5.56 Å². The van der Waals surface area contributed by atoms with Crippen molar-refractivity contribution in [2.45, 2.75) is 38.6 Å². The third kappa shape index (κ3) is 2.14. The van der Waals surface area contributed by atoms with Crippen molar-refractivity contribution in [3.8, 4) is 0 Å². The number of aromatic nitrogens is 1. The number of carboxylic acids is 1. The average molecular weight is 257 g/mol. The fourth-order valence-corrected chi connectivity index (χ4v) is 2.83. The van der Waals surface area contributed by atoms with Crippen molar-refractivity contribution in [2.24, 2.45) is 5.92 Å². The van der Waals surface area contributed by atoms with Crippen LogP contribution in [-0.4, -0.2) is 15.6 Å². The second-order valence-corrected chi connectivity index (χ2v) is 5.60. The molecule has 1 saturated carbocycles. The minimum Gasteiger partial charge on any atom is -0.481 e. The Kier molecular flexibility index (Phi) is 3.05. The van der Waals surface area contributed by atoms with Gasteiger partial charge in [0.2, 0.25) is 0 Å². The monoisotopic (exact) mass is 257 g/mol. The normalized spacial score (nSPS) is 17.3. The van der Waals surface area contributed by atoms with Crippen LogP contribution in [0, 0.1) is 5.92 Å². The smallest absolute Gasteiger partial charge is 0.306 e. The minimum atomic E-state index is -0.726. The summed E-state index contributed by atoms with van der Waals surface area (Å²) < 4.78 is 2.35. The quantitative estimate of drug-likeness (QED) is 0.908. The second-order valence-electron chi connectivity index (χ2n) is 5.60. The first-order valence-electron chi connectivity index (χ1n) is 6.98. The van der Waals surface area contributed by atoms with Crippen LogP contribution in [0.4, 0.5) is 0 Å².